The minimum absolute atomic E-state index is 0.407. The normalized spacial score (nSPS) is 28.9. The molecule has 0 aromatic heterocycles. The third kappa shape index (κ3) is 3.07. The molecule has 3 rings (SSSR count). The molecule has 2 heteroatoms. The molecule has 0 bridgehead atoms. The van der Waals surface area contributed by atoms with Crippen molar-refractivity contribution < 1.29 is 4.74 Å². The number of methoxy groups -OCH3 is 1. The minimum atomic E-state index is 0.407. The van der Waals surface area contributed by atoms with Gasteiger partial charge in [0, 0.05) is 19.2 Å². The van der Waals surface area contributed by atoms with E-state index in [9.17, 15) is 0 Å². The lowest BCUT2D eigenvalue weighted by atomic mass is 9.91. The van der Waals surface area contributed by atoms with Crippen LogP contribution >= 0.6 is 0 Å². The van der Waals surface area contributed by atoms with Crippen LogP contribution in [-0.4, -0.2) is 36.7 Å². The monoisotopic (exact) mass is 273 g/mol. The van der Waals surface area contributed by atoms with Gasteiger partial charge in [-0.25, -0.2) is 0 Å². The minimum Gasteiger partial charge on any atom is -0.380 e. The molecule has 0 spiro atoms. The predicted molar refractivity (Wildman–Crippen MR) is 82.9 cm³/mol. The van der Waals surface area contributed by atoms with Crippen molar-refractivity contribution in [2.24, 2.45) is 0 Å². The van der Waals surface area contributed by atoms with E-state index >= 15 is 0 Å². The van der Waals surface area contributed by atoms with Crippen molar-refractivity contribution in [1.29, 1.82) is 0 Å². The Balaban J connectivity index is 1.76. The Morgan fingerprint density at radius 1 is 1.05 bits per heavy atom. The van der Waals surface area contributed by atoms with Gasteiger partial charge in [-0.05, 0) is 44.2 Å². The molecule has 2 aliphatic rings. The molecule has 1 aromatic carbocycles. The van der Waals surface area contributed by atoms with Crippen LogP contribution < -0.4 is 0 Å². The van der Waals surface area contributed by atoms with Crippen LogP contribution in [0.4, 0.5) is 0 Å². The molecule has 1 heterocycles. The highest BCUT2D eigenvalue weighted by molar-refractivity contribution is 5.17. The quantitative estimate of drug-likeness (QED) is 0.830. The Morgan fingerprint density at radius 2 is 1.80 bits per heavy atom. The van der Waals surface area contributed by atoms with Gasteiger partial charge in [-0.3, -0.25) is 4.90 Å². The average Bonchev–Trinajstić information content (AvgIpc) is 3.02. The molecule has 2 fully saturated rings. The summed E-state index contributed by atoms with van der Waals surface area (Å²) in [4.78, 5) is 2.78. The number of ether oxygens (including phenoxy) is 1. The van der Waals surface area contributed by atoms with Crippen LogP contribution in [0.25, 0.3) is 0 Å². The first-order chi connectivity index (χ1) is 9.88. The fraction of sp³-hybridized carbons (Fsp3) is 0.667. The van der Waals surface area contributed by atoms with Gasteiger partial charge in [-0.1, -0.05) is 43.2 Å². The van der Waals surface area contributed by atoms with Gasteiger partial charge in [-0.2, -0.15) is 0 Å². The molecule has 1 aliphatic heterocycles. The zero-order valence-corrected chi connectivity index (χ0v) is 12.6. The lowest BCUT2D eigenvalue weighted by Gasteiger charge is -2.44. The second kappa shape index (κ2) is 6.73. The molecule has 1 saturated carbocycles. The summed E-state index contributed by atoms with van der Waals surface area (Å²) in [6.45, 7) is 1.27. The molecule has 2 atom stereocenters. The molecule has 0 unspecified atom stereocenters. The number of hydrogen-bond acceptors (Lipinski definition) is 2. The summed E-state index contributed by atoms with van der Waals surface area (Å²) in [5.74, 6) is 0. The van der Waals surface area contributed by atoms with E-state index in [2.05, 4.69) is 35.2 Å². The average molecular weight is 273 g/mol. The van der Waals surface area contributed by atoms with E-state index in [0.29, 0.717) is 12.1 Å². The third-order valence-corrected chi connectivity index (χ3v) is 5.14. The topological polar surface area (TPSA) is 12.5 Å². The van der Waals surface area contributed by atoms with E-state index in [1.807, 2.05) is 7.11 Å². The van der Waals surface area contributed by atoms with E-state index in [0.717, 1.165) is 12.5 Å². The molecule has 1 aromatic rings. The zero-order chi connectivity index (χ0) is 13.8. The maximum absolute atomic E-state index is 5.82. The number of piperidine rings is 1. The fourth-order valence-electron chi connectivity index (χ4n) is 4.12. The first kappa shape index (κ1) is 14.1. The summed E-state index contributed by atoms with van der Waals surface area (Å²) in [6, 6.07) is 12.3. The highest BCUT2D eigenvalue weighted by atomic mass is 16.5. The van der Waals surface area contributed by atoms with Crippen LogP contribution in [0.1, 0.15) is 44.1 Å². The van der Waals surface area contributed by atoms with Crippen molar-refractivity contribution in [2.75, 3.05) is 13.7 Å². The summed E-state index contributed by atoms with van der Waals surface area (Å²) in [6.07, 6.45) is 9.66. The van der Waals surface area contributed by atoms with Crippen molar-refractivity contribution in [1.82, 2.24) is 4.90 Å². The molecule has 20 heavy (non-hydrogen) atoms. The summed E-state index contributed by atoms with van der Waals surface area (Å²) >= 11 is 0. The van der Waals surface area contributed by atoms with Crippen LogP contribution in [0, 0.1) is 0 Å². The fourth-order valence-corrected chi connectivity index (χ4v) is 4.12. The van der Waals surface area contributed by atoms with Gasteiger partial charge < -0.3 is 4.74 Å². The van der Waals surface area contributed by atoms with Crippen molar-refractivity contribution in [3.8, 4) is 0 Å². The lowest BCUT2D eigenvalue weighted by Crippen LogP contribution is -2.53. The summed E-state index contributed by atoms with van der Waals surface area (Å²) in [5, 5.41) is 0. The van der Waals surface area contributed by atoms with E-state index in [4.69, 9.17) is 4.74 Å². The molecule has 0 N–H and O–H groups in total. The standard InChI is InChI=1S/C18H27NO/c1-20-18-12-7-13-19(16-10-5-6-11-16)17(18)14-15-8-3-2-4-9-15/h2-4,8-9,16-18H,5-7,10-14H2,1H3/t17-,18-/m0/s1. The van der Waals surface area contributed by atoms with E-state index in [1.54, 1.807) is 0 Å². The smallest absolute Gasteiger partial charge is 0.0730 e. The SMILES string of the molecule is CO[C@H]1CCCN(C2CCCC2)[C@H]1Cc1ccccc1. The van der Waals surface area contributed by atoms with E-state index in [1.165, 1.54) is 50.6 Å². The predicted octanol–water partition coefficient (Wildman–Crippen LogP) is 3.65. The number of nitrogens with zero attached hydrogens (tertiary/aromatic N) is 1. The number of rotatable bonds is 4. The summed E-state index contributed by atoms with van der Waals surface area (Å²) < 4.78 is 5.82. The van der Waals surface area contributed by atoms with Crippen molar-refractivity contribution in [3.63, 3.8) is 0 Å². The largest absolute Gasteiger partial charge is 0.380 e. The molecule has 1 aliphatic carbocycles. The van der Waals surface area contributed by atoms with Gasteiger partial charge >= 0.3 is 0 Å². The Labute approximate surface area is 123 Å². The Kier molecular flexibility index (Phi) is 4.74. The highest BCUT2D eigenvalue weighted by Gasteiger charge is 2.36. The van der Waals surface area contributed by atoms with Crippen LogP contribution in [0.3, 0.4) is 0 Å². The van der Waals surface area contributed by atoms with Crippen LogP contribution in [-0.2, 0) is 11.2 Å². The molecule has 1 saturated heterocycles. The lowest BCUT2D eigenvalue weighted by molar-refractivity contribution is -0.0351. The third-order valence-electron chi connectivity index (χ3n) is 5.14. The summed E-state index contributed by atoms with van der Waals surface area (Å²) in [7, 11) is 1.89. The van der Waals surface area contributed by atoms with Gasteiger partial charge in [0.1, 0.15) is 0 Å². The zero-order valence-electron chi connectivity index (χ0n) is 12.6. The molecular weight excluding hydrogens is 246 g/mol. The van der Waals surface area contributed by atoms with Gasteiger partial charge in [0.15, 0.2) is 0 Å². The second-order valence-corrected chi connectivity index (χ2v) is 6.35. The number of hydrogen-bond donors (Lipinski definition) is 0. The first-order valence-corrected chi connectivity index (χ1v) is 8.21. The Morgan fingerprint density at radius 3 is 2.50 bits per heavy atom. The molecule has 2 nitrogen and oxygen atoms in total. The van der Waals surface area contributed by atoms with E-state index < -0.39 is 0 Å². The molecular formula is C18H27NO. The summed E-state index contributed by atoms with van der Waals surface area (Å²) in [5.41, 5.74) is 1.45. The van der Waals surface area contributed by atoms with Gasteiger partial charge in [0.25, 0.3) is 0 Å². The number of likely N-dealkylation sites (tertiary alicyclic amines) is 1. The maximum atomic E-state index is 5.82. The van der Waals surface area contributed by atoms with E-state index in [-0.39, 0.29) is 0 Å². The van der Waals surface area contributed by atoms with Gasteiger partial charge in [-0.15, -0.1) is 0 Å². The van der Waals surface area contributed by atoms with Crippen LogP contribution in [0.2, 0.25) is 0 Å². The van der Waals surface area contributed by atoms with Gasteiger partial charge in [0.05, 0.1) is 6.10 Å². The van der Waals surface area contributed by atoms with Gasteiger partial charge in [0.2, 0.25) is 0 Å². The Bertz CT molecular complexity index is 399. The maximum Gasteiger partial charge on any atom is 0.0730 e. The van der Waals surface area contributed by atoms with Crippen molar-refractivity contribution >= 4 is 0 Å². The molecule has 0 amide bonds. The molecule has 0 radical (unpaired) electrons. The highest BCUT2D eigenvalue weighted by Crippen LogP contribution is 2.31. The van der Waals surface area contributed by atoms with Crippen LogP contribution in [0.5, 0.6) is 0 Å². The van der Waals surface area contributed by atoms with Crippen molar-refractivity contribution in [2.45, 2.75) is 63.1 Å². The molecule has 110 valence electrons. The van der Waals surface area contributed by atoms with Crippen molar-refractivity contribution in [3.05, 3.63) is 35.9 Å². The van der Waals surface area contributed by atoms with Crippen LogP contribution in [0.15, 0.2) is 30.3 Å². The second-order valence-electron chi connectivity index (χ2n) is 6.35. The first-order valence-electron chi connectivity index (χ1n) is 8.21. The number of benzene rings is 1. The Hall–Kier alpha value is -0.860.